The molecule has 0 bridgehead atoms. The van der Waals surface area contributed by atoms with Gasteiger partial charge in [0.2, 0.25) is 0 Å². The Kier molecular flexibility index (Phi) is 2.04. The van der Waals surface area contributed by atoms with Crippen LogP contribution in [0.2, 0.25) is 0 Å². The van der Waals surface area contributed by atoms with Crippen LogP contribution in [0.3, 0.4) is 0 Å². The number of halogens is 1. The Morgan fingerprint density at radius 2 is 2.08 bits per heavy atom. The summed E-state index contributed by atoms with van der Waals surface area (Å²) in [6, 6.07) is 5.87. The molecule has 0 N–H and O–H groups in total. The fraction of sp³-hybridized carbons (Fsp3) is 0.300. The van der Waals surface area contributed by atoms with E-state index >= 15 is 0 Å². The second-order valence-corrected chi connectivity index (χ2v) is 6.16. The van der Waals surface area contributed by atoms with Crippen molar-refractivity contribution >= 4 is 33.5 Å². The topological polar surface area (TPSA) is 17.1 Å². The average Bonchev–Trinajstić information content (AvgIpc) is 2.26. The summed E-state index contributed by atoms with van der Waals surface area (Å²) in [5.41, 5.74) is 0.851. The Labute approximate surface area is 90.0 Å². The highest BCUT2D eigenvalue weighted by atomic mass is 79.9. The molecule has 1 aromatic carbocycles. The molecule has 13 heavy (non-hydrogen) atoms. The second kappa shape index (κ2) is 2.85. The third kappa shape index (κ3) is 1.44. The van der Waals surface area contributed by atoms with E-state index < -0.39 is 0 Å². The van der Waals surface area contributed by atoms with Crippen LogP contribution < -0.4 is 0 Å². The van der Waals surface area contributed by atoms with Gasteiger partial charge in [-0.2, -0.15) is 0 Å². The third-order valence-corrected chi connectivity index (χ3v) is 3.86. The fourth-order valence-electron chi connectivity index (χ4n) is 1.41. The van der Waals surface area contributed by atoms with Gasteiger partial charge in [0.1, 0.15) is 0 Å². The van der Waals surface area contributed by atoms with Crippen LogP contribution in [-0.2, 0) is 0 Å². The number of rotatable bonds is 0. The van der Waals surface area contributed by atoms with Crippen LogP contribution in [0.1, 0.15) is 24.2 Å². The summed E-state index contributed by atoms with van der Waals surface area (Å²) in [5.74, 6) is 0.230. The Morgan fingerprint density at radius 3 is 2.77 bits per heavy atom. The molecule has 1 aliphatic rings. The summed E-state index contributed by atoms with van der Waals surface area (Å²) in [4.78, 5) is 12.9. The summed E-state index contributed by atoms with van der Waals surface area (Å²) >= 11 is 5.01. The first-order valence-corrected chi connectivity index (χ1v) is 5.65. The first-order valence-electron chi connectivity index (χ1n) is 4.04. The summed E-state index contributed by atoms with van der Waals surface area (Å²) in [7, 11) is 0. The van der Waals surface area contributed by atoms with Gasteiger partial charge in [0.05, 0.1) is 4.75 Å². The molecule has 0 saturated heterocycles. The smallest absolute Gasteiger partial charge is 0.179 e. The average molecular weight is 257 g/mol. The van der Waals surface area contributed by atoms with Gasteiger partial charge in [-0.05, 0) is 32.0 Å². The highest BCUT2D eigenvalue weighted by molar-refractivity contribution is 9.10. The first-order chi connectivity index (χ1) is 6.00. The number of hydrogen-bond donors (Lipinski definition) is 0. The van der Waals surface area contributed by atoms with Gasteiger partial charge in [0.25, 0.3) is 0 Å². The largest absolute Gasteiger partial charge is 0.293 e. The summed E-state index contributed by atoms with van der Waals surface area (Å²) in [6.07, 6.45) is 0. The molecule has 1 aromatic rings. The minimum absolute atomic E-state index is 0.230. The van der Waals surface area contributed by atoms with Gasteiger partial charge in [0.15, 0.2) is 5.78 Å². The van der Waals surface area contributed by atoms with Crippen molar-refractivity contribution in [1.29, 1.82) is 0 Å². The lowest BCUT2D eigenvalue weighted by Gasteiger charge is -2.11. The molecule has 0 aliphatic carbocycles. The molecule has 2 rings (SSSR count). The Bertz CT molecular complexity index is 385. The number of benzene rings is 1. The lowest BCUT2D eigenvalue weighted by atomic mass is 10.0. The van der Waals surface area contributed by atoms with Crippen molar-refractivity contribution in [3.05, 3.63) is 28.2 Å². The van der Waals surface area contributed by atoms with Crippen molar-refractivity contribution in [3.8, 4) is 0 Å². The van der Waals surface area contributed by atoms with E-state index in [1.807, 2.05) is 32.0 Å². The van der Waals surface area contributed by atoms with Gasteiger partial charge in [0, 0.05) is 14.9 Å². The number of Topliss-reactive ketones (excluding diaryl/α,β-unsaturated/α-hetero) is 1. The van der Waals surface area contributed by atoms with E-state index in [0.29, 0.717) is 0 Å². The SMILES string of the molecule is CC1(C)Sc2ccc(Br)cc2C1=O. The van der Waals surface area contributed by atoms with Crippen LogP contribution >= 0.6 is 27.7 Å². The lowest BCUT2D eigenvalue weighted by Crippen LogP contribution is -2.21. The predicted molar refractivity (Wildman–Crippen MR) is 58.4 cm³/mol. The molecule has 68 valence electrons. The summed E-state index contributed by atoms with van der Waals surface area (Å²) in [5, 5.41) is 0. The standard InChI is InChI=1S/C10H9BrOS/c1-10(2)9(12)7-5-6(11)3-4-8(7)13-10/h3-5H,1-2H3. The molecule has 1 nitrogen and oxygen atoms in total. The summed E-state index contributed by atoms with van der Waals surface area (Å²) in [6.45, 7) is 3.93. The van der Waals surface area contributed by atoms with Crippen LogP contribution in [0.15, 0.2) is 27.6 Å². The number of hydrogen-bond acceptors (Lipinski definition) is 2. The van der Waals surface area contributed by atoms with Crippen molar-refractivity contribution in [3.63, 3.8) is 0 Å². The van der Waals surface area contributed by atoms with Gasteiger partial charge >= 0.3 is 0 Å². The number of carbonyl (C=O) groups is 1. The Balaban J connectivity index is 2.57. The second-order valence-electron chi connectivity index (χ2n) is 3.58. The van der Waals surface area contributed by atoms with Crippen molar-refractivity contribution in [2.24, 2.45) is 0 Å². The van der Waals surface area contributed by atoms with Gasteiger partial charge in [-0.1, -0.05) is 15.9 Å². The van der Waals surface area contributed by atoms with E-state index in [1.54, 1.807) is 11.8 Å². The van der Waals surface area contributed by atoms with Gasteiger partial charge in [-0.25, -0.2) is 0 Å². The third-order valence-electron chi connectivity index (χ3n) is 2.10. The molecule has 0 spiro atoms. The minimum Gasteiger partial charge on any atom is -0.293 e. The van der Waals surface area contributed by atoms with E-state index in [9.17, 15) is 4.79 Å². The van der Waals surface area contributed by atoms with Crippen LogP contribution in [-0.4, -0.2) is 10.5 Å². The van der Waals surface area contributed by atoms with E-state index in [4.69, 9.17) is 0 Å². The molecular formula is C10H9BrOS. The minimum atomic E-state index is -0.289. The molecule has 0 atom stereocenters. The first kappa shape index (κ1) is 9.28. The van der Waals surface area contributed by atoms with Crippen LogP contribution in [0.4, 0.5) is 0 Å². The van der Waals surface area contributed by atoms with E-state index in [2.05, 4.69) is 15.9 Å². The zero-order valence-corrected chi connectivity index (χ0v) is 9.83. The number of fused-ring (bicyclic) bond motifs is 1. The lowest BCUT2D eigenvalue weighted by molar-refractivity contribution is 0.0961. The van der Waals surface area contributed by atoms with Crippen molar-refractivity contribution in [2.45, 2.75) is 23.5 Å². The number of thioether (sulfide) groups is 1. The van der Waals surface area contributed by atoms with E-state index in [1.165, 1.54) is 0 Å². The predicted octanol–water partition coefficient (Wildman–Crippen LogP) is 3.52. The van der Waals surface area contributed by atoms with Gasteiger partial charge in [-0.3, -0.25) is 4.79 Å². The van der Waals surface area contributed by atoms with E-state index in [0.717, 1.165) is 14.9 Å². The van der Waals surface area contributed by atoms with Crippen molar-refractivity contribution < 1.29 is 4.79 Å². The highest BCUT2D eigenvalue weighted by Gasteiger charge is 2.38. The van der Waals surface area contributed by atoms with Gasteiger partial charge < -0.3 is 0 Å². The number of ketones is 1. The molecule has 0 fully saturated rings. The highest BCUT2D eigenvalue weighted by Crippen LogP contribution is 2.45. The fourth-order valence-corrected chi connectivity index (χ4v) is 2.93. The van der Waals surface area contributed by atoms with Gasteiger partial charge in [-0.15, -0.1) is 11.8 Å². The molecule has 0 aromatic heterocycles. The molecular weight excluding hydrogens is 248 g/mol. The van der Waals surface area contributed by atoms with Crippen LogP contribution in [0.25, 0.3) is 0 Å². The van der Waals surface area contributed by atoms with Crippen molar-refractivity contribution in [2.75, 3.05) is 0 Å². The molecule has 0 unspecified atom stereocenters. The maximum absolute atomic E-state index is 11.8. The molecule has 1 aliphatic heterocycles. The van der Waals surface area contributed by atoms with Crippen LogP contribution in [0.5, 0.6) is 0 Å². The quantitative estimate of drug-likeness (QED) is 0.707. The molecule has 0 amide bonds. The maximum Gasteiger partial charge on any atom is 0.179 e. The Morgan fingerprint density at radius 1 is 1.38 bits per heavy atom. The van der Waals surface area contributed by atoms with Crippen molar-refractivity contribution in [1.82, 2.24) is 0 Å². The normalized spacial score (nSPS) is 18.8. The number of carbonyl (C=O) groups excluding carboxylic acids is 1. The Hall–Kier alpha value is -0.280. The van der Waals surface area contributed by atoms with Crippen LogP contribution in [0, 0.1) is 0 Å². The maximum atomic E-state index is 11.8. The zero-order valence-electron chi connectivity index (χ0n) is 7.43. The summed E-state index contributed by atoms with van der Waals surface area (Å²) < 4.78 is 0.682. The molecule has 0 radical (unpaired) electrons. The molecule has 3 heteroatoms. The van der Waals surface area contributed by atoms with E-state index in [-0.39, 0.29) is 10.5 Å². The molecule has 0 saturated carbocycles. The molecule has 1 heterocycles. The zero-order chi connectivity index (χ0) is 9.64. The monoisotopic (exact) mass is 256 g/mol.